The fraction of sp³-hybridized carbons (Fsp3) is 0.935. The molecule has 0 aliphatic carbocycles. The maximum atomic E-state index is 10.7. The third-order valence-electron chi connectivity index (χ3n) is 10.7. The molecule has 10 unspecified atom stereocenters. The SMILES string of the molecule is CO[C@H]1OC(COS(=O)(=O)O)C[C@@H](O)C1NS(=O)(=O)O.O.O.O.O.O=C(O)C1C[C@@H](O)C(O)CO1.O=C(O)C1C[C@@H](O)C(OS(=O)(=O)O)CO1.O=S(=O)(O)NC1COC(COS(=O)(=O)O)C[C@H]1OS(=O)(=O)O.O=S(=O)(O)NC1COC(COS(=O)(=O)O)[C@@H](O)[C@H]1O. The van der Waals surface area contributed by atoms with E-state index in [1.807, 2.05) is 0 Å². The van der Waals surface area contributed by atoms with Gasteiger partial charge in [0.1, 0.15) is 42.7 Å². The zero-order valence-corrected chi connectivity index (χ0v) is 51.9. The van der Waals surface area contributed by atoms with Crippen LogP contribution in [0.4, 0.5) is 0 Å². The first-order chi connectivity index (χ1) is 39.2. The largest absolute Gasteiger partial charge is 0.479 e. The molecule has 52 nitrogen and oxygen atoms in total. The highest BCUT2D eigenvalue weighted by Crippen LogP contribution is 2.24. The van der Waals surface area contributed by atoms with Gasteiger partial charge in [-0.3, -0.25) is 36.4 Å². The Morgan fingerprint density at radius 1 is 0.429 bits per heavy atom. The van der Waals surface area contributed by atoms with E-state index in [1.54, 1.807) is 14.2 Å². The first kappa shape index (κ1) is 94.7. The average molecular weight is 1520 g/mol. The number of rotatable bonds is 22. The molecule has 0 bridgehead atoms. The van der Waals surface area contributed by atoms with Gasteiger partial charge in [-0.25, -0.2) is 30.5 Å². The van der Waals surface area contributed by atoms with Crippen molar-refractivity contribution in [3.63, 3.8) is 0 Å². The van der Waals surface area contributed by atoms with Gasteiger partial charge in [-0.1, -0.05) is 0 Å². The second-order valence-corrected chi connectivity index (χ2v) is 26.4. The Balaban J connectivity index is -0.000000522. The molecule has 5 saturated heterocycles. The number of aliphatic hydroxyl groups is 6. The van der Waals surface area contributed by atoms with E-state index in [9.17, 15) is 97.4 Å². The van der Waals surface area contributed by atoms with Gasteiger partial charge in [0.05, 0.1) is 88.9 Å². The second-order valence-electron chi connectivity index (χ2n) is 17.5. The minimum Gasteiger partial charge on any atom is -0.479 e. The Morgan fingerprint density at radius 3 is 1.24 bits per heavy atom. The summed E-state index contributed by atoms with van der Waals surface area (Å²) in [7, 11) is -36.5. The first-order valence-corrected chi connectivity index (χ1v) is 33.9. The molecular weight excluding hydrogens is 1450 g/mol. The van der Waals surface area contributed by atoms with Crippen LogP contribution in [0, 0.1) is 0 Å². The van der Waals surface area contributed by atoms with Gasteiger partial charge in [-0.15, -0.1) is 0 Å². The highest BCUT2D eigenvalue weighted by molar-refractivity contribution is 7.84. The number of nitrogens with one attached hydrogen (secondary N) is 3. The van der Waals surface area contributed by atoms with E-state index in [2.05, 4.69) is 20.9 Å². The van der Waals surface area contributed by atoms with Crippen molar-refractivity contribution in [2.45, 2.75) is 129 Å². The van der Waals surface area contributed by atoms with Crippen molar-refractivity contribution in [2.24, 2.45) is 0 Å². The highest BCUT2D eigenvalue weighted by Gasteiger charge is 2.43. The molecule has 0 aromatic rings. The molecule has 0 saturated carbocycles. The van der Waals surface area contributed by atoms with Gasteiger partial charge < -0.3 is 91.2 Å². The number of hydrogen-bond acceptors (Lipinski definition) is 35. The Labute approximate surface area is 515 Å². The molecule has 60 heteroatoms. The standard InChI is InChI=1S/C7H15NO10S2.C6H13NO12S3.C6H13NO10S2.C6H10O8S.C6H10O5.4H2O/c1-16-7-6(8-19(10,11)12)5(9)2-4(18-7)3-17-20(13,14)15;8-20(9,10)7-5-3-17-4(2-18-21(11,12)13)1-6(5)19-22(14,15)16;8-5-3(7-18(10,11)12)1-16-4(6(5)9)2-17-19(13,14)15;7-3-1-4(6(8)9)13-2-5(3)14-15(10,11)12;7-3-1-5(6(9)10)11-2-4(3)8;;;;/h4-9H,2-3H2,1H3,(H,10,11,12)(H,13,14,15);4-7H,1-3H2,(H,8,9,10)(H,11,12,13)(H,14,15,16);3-9H,1-2H2,(H,10,11,12)(H,13,14,15);3-5,7H,1-2H2,(H,8,9)(H,10,11,12);3-5,7-8H,1-2H2,(H,9,10);4*1H2/t4?,5-,6?,7+;4?,5?,6-;3?,4?,5-,6+;2*3-,4?,5?;;;;/m11011..../s1. The zero-order valence-electron chi connectivity index (χ0n) is 45.4. The summed E-state index contributed by atoms with van der Waals surface area (Å²) in [6, 6.07) is -3.97. The van der Waals surface area contributed by atoms with Crippen LogP contribution < -0.4 is 14.2 Å². The van der Waals surface area contributed by atoms with Crippen LogP contribution in [0.15, 0.2) is 0 Å². The molecule has 5 heterocycles. The first-order valence-electron chi connectivity index (χ1n) is 22.8. The van der Waals surface area contributed by atoms with Crippen molar-refractivity contribution in [1.29, 1.82) is 0 Å². The number of carboxylic acids is 2. The normalized spacial score (nSPS) is 30.7. The van der Waals surface area contributed by atoms with Crippen molar-refractivity contribution in [3.05, 3.63) is 0 Å². The molecular formula is C31H69N3O49S8. The summed E-state index contributed by atoms with van der Waals surface area (Å²) in [5.41, 5.74) is 0. The molecule has 0 aromatic carbocycles. The van der Waals surface area contributed by atoms with Crippen LogP contribution in [-0.4, -0.2) is 336 Å². The molecule has 17 atom stereocenters. The molecule has 550 valence electrons. The molecule has 0 aromatic heterocycles. The monoisotopic (exact) mass is 1520 g/mol. The molecule has 0 amide bonds. The van der Waals surface area contributed by atoms with E-state index in [1.165, 1.54) is 0 Å². The lowest BCUT2D eigenvalue weighted by atomic mass is 9.99. The van der Waals surface area contributed by atoms with Gasteiger partial charge in [0, 0.05) is 32.8 Å². The zero-order chi connectivity index (χ0) is 67.6. The Hall–Kier alpha value is -2.74. The van der Waals surface area contributed by atoms with E-state index in [-0.39, 0.29) is 47.8 Å². The lowest BCUT2D eigenvalue weighted by Gasteiger charge is -2.38. The third-order valence-corrected chi connectivity index (χ3v) is 14.7. The van der Waals surface area contributed by atoms with E-state index >= 15 is 0 Å². The van der Waals surface area contributed by atoms with Crippen molar-refractivity contribution in [3.8, 4) is 0 Å². The highest BCUT2D eigenvalue weighted by atomic mass is 32.3. The summed E-state index contributed by atoms with van der Waals surface area (Å²) in [5.74, 6) is -2.35. The summed E-state index contributed by atoms with van der Waals surface area (Å²) in [4.78, 5) is 20.7. The van der Waals surface area contributed by atoms with Crippen molar-refractivity contribution < 1.29 is 225 Å². The lowest BCUT2D eigenvalue weighted by Crippen LogP contribution is -2.60. The van der Waals surface area contributed by atoms with E-state index < -0.39 is 245 Å². The van der Waals surface area contributed by atoms with Crippen molar-refractivity contribution >= 4 is 94.8 Å². The maximum Gasteiger partial charge on any atom is 0.397 e. The van der Waals surface area contributed by atoms with Gasteiger partial charge in [-0.05, 0) is 0 Å². The fourth-order valence-electron chi connectivity index (χ4n) is 6.99. The Kier molecular flexibility index (Phi) is 41.7. The van der Waals surface area contributed by atoms with E-state index in [0.717, 1.165) is 7.11 Å². The number of ether oxygens (including phenoxy) is 6. The number of carboxylic acid groups (broad SMARTS) is 2. The molecule has 0 spiro atoms. The molecule has 5 aliphatic rings. The lowest BCUT2D eigenvalue weighted by molar-refractivity contribution is -0.222. The van der Waals surface area contributed by atoms with Crippen LogP contribution in [0.2, 0.25) is 0 Å². The molecule has 5 aliphatic heterocycles. The van der Waals surface area contributed by atoms with Crippen molar-refractivity contribution in [1.82, 2.24) is 14.2 Å². The molecule has 91 heavy (non-hydrogen) atoms. The van der Waals surface area contributed by atoms with Gasteiger partial charge in [0.25, 0.3) is 0 Å². The van der Waals surface area contributed by atoms with Crippen LogP contribution in [0.1, 0.15) is 25.7 Å². The number of carbonyl (C=O) groups is 2. The van der Waals surface area contributed by atoms with Gasteiger partial charge in [-0.2, -0.15) is 81.5 Å². The predicted molar refractivity (Wildman–Crippen MR) is 280 cm³/mol. The van der Waals surface area contributed by atoms with Crippen LogP contribution in [-0.2, 0) is 142 Å². The van der Waals surface area contributed by atoms with Gasteiger partial charge in [0.15, 0.2) is 18.5 Å². The van der Waals surface area contributed by atoms with Crippen LogP contribution in [0.5, 0.6) is 0 Å². The fourth-order valence-corrected chi connectivity index (χ4v) is 10.8. The van der Waals surface area contributed by atoms with Crippen LogP contribution >= 0.6 is 0 Å². The molecule has 5 fully saturated rings. The number of aliphatic hydroxyl groups excluding tert-OH is 6. The topological polar surface area (TPSA) is 895 Å². The Bertz CT molecular complexity index is 3120. The minimum atomic E-state index is -4.96. The van der Waals surface area contributed by atoms with Gasteiger partial charge in [0.2, 0.25) is 0 Å². The molecule has 0 radical (unpaired) electrons. The van der Waals surface area contributed by atoms with Crippen LogP contribution in [0.25, 0.3) is 0 Å². The third kappa shape index (κ3) is 42.4. The summed E-state index contributed by atoms with van der Waals surface area (Å²) in [5, 5.41) is 73.1. The Morgan fingerprint density at radius 2 is 0.835 bits per heavy atom. The van der Waals surface area contributed by atoms with Crippen LogP contribution in [0.3, 0.4) is 0 Å². The predicted octanol–water partition coefficient (Wildman–Crippen LogP) is -14.4. The minimum absolute atomic E-state index is 0. The summed E-state index contributed by atoms with van der Waals surface area (Å²) < 4.78 is 291. The number of hydrogen-bond donors (Lipinski definition) is 19. The molecule has 5 rings (SSSR count). The summed E-state index contributed by atoms with van der Waals surface area (Å²) in [6.45, 7) is -3.57. The van der Waals surface area contributed by atoms with E-state index in [4.69, 9.17) is 85.3 Å². The van der Waals surface area contributed by atoms with Crippen molar-refractivity contribution in [2.75, 3.05) is 53.4 Å². The smallest absolute Gasteiger partial charge is 0.397 e. The average Bonchev–Trinajstić information content (AvgIpc) is 1.33. The van der Waals surface area contributed by atoms with Gasteiger partial charge >= 0.3 is 94.8 Å². The second kappa shape index (κ2) is 40.1. The number of aliphatic carboxylic acids is 2. The summed E-state index contributed by atoms with van der Waals surface area (Å²) >= 11 is 0. The quantitative estimate of drug-likeness (QED) is 0.0448. The maximum absolute atomic E-state index is 10.7. The summed E-state index contributed by atoms with van der Waals surface area (Å²) in [6.07, 6.45) is -18.5. The number of methoxy groups -OCH3 is 1. The molecule has 27 N–H and O–H groups in total. The van der Waals surface area contributed by atoms with E-state index in [0.29, 0.717) is 0 Å².